The molecule has 3 rings (SSSR count). The van der Waals surface area contributed by atoms with Crippen LogP contribution in [-0.4, -0.2) is 39.1 Å². The van der Waals surface area contributed by atoms with Gasteiger partial charge in [-0.3, -0.25) is 14.8 Å². The molecule has 6 nitrogen and oxygen atoms in total. The lowest BCUT2D eigenvalue weighted by molar-refractivity contribution is -0.168. The maximum Gasteiger partial charge on any atom is 0.267 e. The molecule has 2 aromatic carbocycles. The standard InChI is InChI=1S/C21H18BrF2N3O3/c1-21(2,25)7-6-12-8-15(23)18(16(24)9-12)20(29)26-11-17(28)27(30)19(26)13-4-3-5-14(22)10-13/h3-5,8-10,19,30H,11,25H2,1-2H3. The Morgan fingerprint density at radius 2 is 1.90 bits per heavy atom. The van der Waals surface area contributed by atoms with Crippen LogP contribution in [0.25, 0.3) is 0 Å². The van der Waals surface area contributed by atoms with Crippen molar-refractivity contribution in [1.82, 2.24) is 9.96 Å². The SMILES string of the molecule is CC(C)(N)C#Cc1cc(F)c(C(=O)N2CC(=O)N(O)C2c2cccc(Br)c2)c(F)c1. The van der Waals surface area contributed by atoms with Gasteiger partial charge >= 0.3 is 0 Å². The summed E-state index contributed by atoms with van der Waals surface area (Å²) < 4.78 is 30.0. The van der Waals surface area contributed by atoms with Gasteiger partial charge in [0.15, 0.2) is 6.17 Å². The first-order valence-electron chi connectivity index (χ1n) is 8.86. The summed E-state index contributed by atoms with van der Waals surface area (Å²) in [5, 5.41) is 10.5. The van der Waals surface area contributed by atoms with E-state index in [1.807, 2.05) is 0 Å². The van der Waals surface area contributed by atoms with Crippen LogP contribution in [0.1, 0.15) is 41.5 Å². The van der Waals surface area contributed by atoms with E-state index in [0.29, 0.717) is 15.1 Å². The summed E-state index contributed by atoms with van der Waals surface area (Å²) in [6.07, 6.45) is -1.22. The predicted molar refractivity (Wildman–Crippen MR) is 108 cm³/mol. The van der Waals surface area contributed by atoms with Crippen LogP contribution in [-0.2, 0) is 4.79 Å². The van der Waals surface area contributed by atoms with Gasteiger partial charge in [-0.25, -0.2) is 8.78 Å². The van der Waals surface area contributed by atoms with Crippen molar-refractivity contribution in [2.24, 2.45) is 5.73 Å². The third kappa shape index (κ3) is 4.51. The number of hydroxylamine groups is 2. The van der Waals surface area contributed by atoms with Crippen molar-refractivity contribution in [2.75, 3.05) is 6.54 Å². The Morgan fingerprint density at radius 3 is 2.47 bits per heavy atom. The normalized spacial score (nSPS) is 16.5. The third-order valence-corrected chi connectivity index (χ3v) is 4.77. The summed E-state index contributed by atoms with van der Waals surface area (Å²) in [7, 11) is 0. The molecular weight excluding hydrogens is 460 g/mol. The fourth-order valence-electron chi connectivity index (χ4n) is 2.97. The number of rotatable bonds is 2. The average Bonchev–Trinajstić information content (AvgIpc) is 2.94. The van der Waals surface area contributed by atoms with Crippen molar-refractivity contribution in [3.63, 3.8) is 0 Å². The minimum Gasteiger partial charge on any atom is -0.316 e. The minimum absolute atomic E-state index is 0.0184. The highest BCUT2D eigenvalue weighted by Gasteiger charge is 2.43. The van der Waals surface area contributed by atoms with Crippen molar-refractivity contribution in [3.05, 3.63) is 69.2 Å². The molecule has 30 heavy (non-hydrogen) atoms. The first kappa shape index (κ1) is 21.9. The van der Waals surface area contributed by atoms with Gasteiger partial charge in [0.25, 0.3) is 11.8 Å². The zero-order valence-corrected chi connectivity index (χ0v) is 17.7. The number of halogens is 3. The third-order valence-electron chi connectivity index (χ3n) is 4.28. The Kier molecular flexibility index (Phi) is 5.94. The summed E-state index contributed by atoms with van der Waals surface area (Å²) >= 11 is 3.28. The summed E-state index contributed by atoms with van der Waals surface area (Å²) in [6.45, 7) is 2.74. The number of benzene rings is 2. The second-order valence-corrected chi connectivity index (χ2v) is 8.30. The highest BCUT2D eigenvalue weighted by molar-refractivity contribution is 9.10. The lowest BCUT2D eigenvalue weighted by Crippen LogP contribution is -2.35. The lowest BCUT2D eigenvalue weighted by Gasteiger charge is -2.27. The second kappa shape index (κ2) is 8.14. The van der Waals surface area contributed by atoms with Crippen LogP contribution in [0.4, 0.5) is 8.78 Å². The van der Waals surface area contributed by atoms with Crippen LogP contribution in [0.5, 0.6) is 0 Å². The highest BCUT2D eigenvalue weighted by Crippen LogP contribution is 2.33. The van der Waals surface area contributed by atoms with Crippen LogP contribution in [0, 0.1) is 23.5 Å². The van der Waals surface area contributed by atoms with Crippen LogP contribution in [0.3, 0.4) is 0 Å². The monoisotopic (exact) mass is 477 g/mol. The molecule has 0 saturated carbocycles. The molecule has 1 aliphatic heterocycles. The maximum absolute atomic E-state index is 14.7. The Bertz CT molecular complexity index is 1070. The molecule has 1 aliphatic rings. The zero-order valence-electron chi connectivity index (χ0n) is 16.1. The van der Waals surface area contributed by atoms with Crippen LogP contribution in [0.15, 0.2) is 40.9 Å². The molecule has 9 heteroatoms. The number of nitrogens with two attached hydrogens (primary N) is 1. The van der Waals surface area contributed by atoms with E-state index in [1.54, 1.807) is 38.1 Å². The molecule has 0 radical (unpaired) electrons. The summed E-state index contributed by atoms with van der Waals surface area (Å²) in [5.74, 6) is 1.12. The van der Waals surface area contributed by atoms with E-state index in [9.17, 15) is 23.6 Å². The fourth-order valence-corrected chi connectivity index (χ4v) is 3.39. The van der Waals surface area contributed by atoms with E-state index >= 15 is 0 Å². The molecule has 1 atom stereocenters. The van der Waals surface area contributed by atoms with Gasteiger partial charge in [-0.05, 0) is 43.7 Å². The molecule has 1 saturated heterocycles. The highest BCUT2D eigenvalue weighted by atomic mass is 79.9. The van der Waals surface area contributed by atoms with Crippen molar-refractivity contribution in [2.45, 2.75) is 25.6 Å². The second-order valence-electron chi connectivity index (χ2n) is 7.39. The van der Waals surface area contributed by atoms with Crippen molar-refractivity contribution in [3.8, 4) is 11.8 Å². The molecule has 1 unspecified atom stereocenters. The van der Waals surface area contributed by atoms with Gasteiger partial charge in [-0.2, -0.15) is 5.06 Å². The van der Waals surface area contributed by atoms with E-state index < -0.39 is 47.3 Å². The molecule has 0 aliphatic carbocycles. The molecule has 0 bridgehead atoms. The smallest absolute Gasteiger partial charge is 0.267 e. The van der Waals surface area contributed by atoms with Gasteiger partial charge in [0.2, 0.25) is 0 Å². The van der Waals surface area contributed by atoms with Crippen LogP contribution < -0.4 is 5.73 Å². The van der Waals surface area contributed by atoms with E-state index in [1.165, 1.54) is 0 Å². The Labute approximate surface area is 180 Å². The average molecular weight is 478 g/mol. The molecule has 3 N–H and O–H groups in total. The Hall–Kier alpha value is -2.80. The summed E-state index contributed by atoms with van der Waals surface area (Å²) in [4.78, 5) is 25.9. The molecule has 1 fully saturated rings. The van der Waals surface area contributed by atoms with Crippen LogP contribution in [0.2, 0.25) is 0 Å². The largest absolute Gasteiger partial charge is 0.316 e. The summed E-state index contributed by atoms with van der Waals surface area (Å²) in [5.41, 5.74) is 4.45. The molecule has 0 aromatic heterocycles. The van der Waals surface area contributed by atoms with E-state index in [4.69, 9.17) is 5.73 Å². The predicted octanol–water partition coefficient (Wildman–Crippen LogP) is 3.19. The minimum atomic E-state index is -1.22. The van der Waals surface area contributed by atoms with Gasteiger partial charge in [0.1, 0.15) is 23.7 Å². The molecule has 2 amide bonds. The molecule has 2 aromatic rings. The fraction of sp³-hybridized carbons (Fsp3) is 0.238. The number of carbonyl (C=O) groups is 2. The molecule has 0 spiro atoms. The topological polar surface area (TPSA) is 86.9 Å². The number of amides is 2. The van der Waals surface area contributed by atoms with Gasteiger partial charge in [0.05, 0.1) is 5.54 Å². The lowest BCUT2D eigenvalue weighted by atomic mass is 10.0. The van der Waals surface area contributed by atoms with Crippen molar-refractivity contribution < 1.29 is 23.6 Å². The zero-order chi connectivity index (χ0) is 22.2. The first-order valence-corrected chi connectivity index (χ1v) is 9.66. The van der Waals surface area contributed by atoms with Crippen LogP contribution >= 0.6 is 15.9 Å². The van der Waals surface area contributed by atoms with Gasteiger partial charge in [-0.15, -0.1) is 0 Å². The van der Waals surface area contributed by atoms with E-state index in [0.717, 1.165) is 17.0 Å². The number of nitrogens with zero attached hydrogens (tertiary/aromatic N) is 2. The number of hydrogen-bond donors (Lipinski definition) is 2. The van der Waals surface area contributed by atoms with Crippen molar-refractivity contribution in [1.29, 1.82) is 0 Å². The van der Waals surface area contributed by atoms with Gasteiger partial charge in [-0.1, -0.05) is 39.9 Å². The molecular formula is C21H18BrF2N3O3. The maximum atomic E-state index is 14.7. The van der Waals surface area contributed by atoms with E-state index in [2.05, 4.69) is 27.8 Å². The number of hydrogen-bond acceptors (Lipinski definition) is 4. The summed E-state index contributed by atoms with van der Waals surface area (Å²) in [6, 6.07) is 8.39. The Balaban J connectivity index is 2.00. The molecule has 156 valence electrons. The first-order chi connectivity index (χ1) is 14.0. The van der Waals surface area contributed by atoms with Crippen molar-refractivity contribution >= 4 is 27.7 Å². The molecule has 1 heterocycles. The van der Waals surface area contributed by atoms with Gasteiger partial charge in [0, 0.05) is 10.0 Å². The Morgan fingerprint density at radius 1 is 1.27 bits per heavy atom. The van der Waals surface area contributed by atoms with E-state index in [-0.39, 0.29) is 5.56 Å². The number of carbonyl (C=O) groups excluding carboxylic acids is 2. The van der Waals surface area contributed by atoms with Gasteiger partial charge < -0.3 is 10.6 Å². The quantitative estimate of drug-likeness (QED) is 0.513.